The van der Waals surface area contributed by atoms with Crippen LogP contribution in [0.25, 0.3) is 0 Å². The molecule has 0 aliphatic heterocycles. The monoisotopic (exact) mass is 219 g/mol. The zero-order chi connectivity index (χ0) is 10.7. The topological polar surface area (TPSA) is 22.1 Å². The van der Waals surface area contributed by atoms with E-state index in [0.29, 0.717) is 10.9 Å². The van der Waals surface area contributed by atoms with E-state index in [1.807, 2.05) is 31.2 Å². The third kappa shape index (κ3) is 2.48. The van der Waals surface area contributed by atoms with Gasteiger partial charge in [-0.2, -0.15) is 0 Å². The first-order chi connectivity index (χ1) is 7.25. The minimum atomic E-state index is 0.433. The molecule has 3 heteroatoms. The van der Waals surface area contributed by atoms with Crippen LogP contribution in [0.15, 0.2) is 42.6 Å². The maximum absolute atomic E-state index is 5.92. The van der Waals surface area contributed by atoms with E-state index in [2.05, 4.69) is 4.98 Å². The van der Waals surface area contributed by atoms with E-state index in [1.165, 1.54) is 5.56 Å². The van der Waals surface area contributed by atoms with Gasteiger partial charge in [0, 0.05) is 6.20 Å². The van der Waals surface area contributed by atoms with Crippen LogP contribution in [0, 0.1) is 6.92 Å². The number of halogens is 1. The summed E-state index contributed by atoms with van der Waals surface area (Å²) in [5.41, 5.74) is 1.19. The summed E-state index contributed by atoms with van der Waals surface area (Å²) in [5.74, 6) is 1.17. The Hall–Kier alpha value is -1.54. The molecule has 1 aromatic heterocycles. The van der Waals surface area contributed by atoms with E-state index in [9.17, 15) is 0 Å². The summed E-state index contributed by atoms with van der Waals surface area (Å²) in [7, 11) is 0. The molecule has 1 heterocycles. The lowest BCUT2D eigenvalue weighted by Gasteiger charge is -2.05. The fourth-order valence-corrected chi connectivity index (χ4v) is 1.32. The van der Waals surface area contributed by atoms with Crippen LogP contribution in [0.3, 0.4) is 0 Å². The van der Waals surface area contributed by atoms with Gasteiger partial charge in [0.25, 0.3) is 0 Å². The SMILES string of the molecule is Cc1ccc(Oc2ncccc2Cl)cc1. The number of aromatic nitrogens is 1. The Kier molecular flexibility index (Phi) is 2.88. The summed E-state index contributed by atoms with van der Waals surface area (Å²) >= 11 is 5.92. The molecule has 0 aliphatic carbocycles. The highest BCUT2D eigenvalue weighted by atomic mass is 35.5. The largest absolute Gasteiger partial charge is 0.438 e. The molecule has 2 nitrogen and oxygen atoms in total. The predicted octanol–water partition coefficient (Wildman–Crippen LogP) is 3.84. The molecule has 1 aromatic carbocycles. The number of rotatable bonds is 2. The second-order valence-corrected chi connectivity index (χ2v) is 3.61. The first-order valence-corrected chi connectivity index (χ1v) is 4.98. The van der Waals surface area contributed by atoms with Gasteiger partial charge in [-0.1, -0.05) is 29.3 Å². The van der Waals surface area contributed by atoms with Crippen LogP contribution in [0.2, 0.25) is 5.02 Å². The lowest BCUT2D eigenvalue weighted by molar-refractivity contribution is 0.463. The average Bonchev–Trinajstić information content (AvgIpc) is 2.25. The number of hydrogen-bond donors (Lipinski definition) is 0. The zero-order valence-corrected chi connectivity index (χ0v) is 9.03. The summed E-state index contributed by atoms with van der Waals surface area (Å²) < 4.78 is 5.52. The highest BCUT2D eigenvalue weighted by Gasteiger charge is 2.02. The molecule has 0 aliphatic rings. The van der Waals surface area contributed by atoms with Crippen molar-refractivity contribution >= 4 is 11.6 Å². The number of benzene rings is 1. The van der Waals surface area contributed by atoms with Gasteiger partial charge >= 0.3 is 0 Å². The standard InChI is InChI=1S/C12H10ClNO/c1-9-4-6-10(7-5-9)15-12-11(13)3-2-8-14-12/h2-8H,1H3. The lowest BCUT2D eigenvalue weighted by Crippen LogP contribution is -1.88. The Morgan fingerprint density at radius 3 is 2.53 bits per heavy atom. The second kappa shape index (κ2) is 4.32. The zero-order valence-electron chi connectivity index (χ0n) is 8.27. The van der Waals surface area contributed by atoms with Crippen molar-refractivity contribution in [1.82, 2.24) is 4.98 Å². The molecule has 0 saturated carbocycles. The van der Waals surface area contributed by atoms with Gasteiger partial charge in [-0.05, 0) is 31.2 Å². The maximum atomic E-state index is 5.92. The van der Waals surface area contributed by atoms with E-state index in [4.69, 9.17) is 16.3 Å². The van der Waals surface area contributed by atoms with E-state index >= 15 is 0 Å². The summed E-state index contributed by atoms with van der Waals surface area (Å²) in [6, 6.07) is 11.3. The summed E-state index contributed by atoms with van der Waals surface area (Å²) in [6.45, 7) is 2.03. The predicted molar refractivity (Wildman–Crippen MR) is 60.5 cm³/mol. The van der Waals surface area contributed by atoms with Gasteiger partial charge in [0.2, 0.25) is 5.88 Å². The van der Waals surface area contributed by atoms with Crippen LogP contribution < -0.4 is 4.74 Å². The molecule has 0 N–H and O–H groups in total. The molecule has 0 saturated heterocycles. The molecule has 76 valence electrons. The van der Waals surface area contributed by atoms with E-state index in [0.717, 1.165) is 5.75 Å². The van der Waals surface area contributed by atoms with Crippen LogP contribution in [0.1, 0.15) is 5.56 Å². The van der Waals surface area contributed by atoms with E-state index in [1.54, 1.807) is 18.3 Å². The third-order valence-electron chi connectivity index (χ3n) is 1.96. The molecule has 0 bridgehead atoms. The van der Waals surface area contributed by atoms with Crippen molar-refractivity contribution in [2.45, 2.75) is 6.92 Å². The van der Waals surface area contributed by atoms with Crippen molar-refractivity contribution in [3.8, 4) is 11.6 Å². The fraction of sp³-hybridized carbons (Fsp3) is 0.0833. The summed E-state index contributed by atoms with van der Waals surface area (Å²) in [4.78, 5) is 4.04. The van der Waals surface area contributed by atoms with Crippen molar-refractivity contribution in [2.24, 2.45) is 0 Å². The van der Waals surface area contributed by atoms with E-state index < -0.39 is 0 Å². The first kappa shape index (κ1) is 9.99. The van der Waals surface area contributed by atoms with E-state index in [-0.39, 0.29) is 0 Å². The van der Waals surface area contributed by atoms with Crippen molar-refractivity contribution < 1.29 is 4.74 Å². The van der Waals surface area contributed by atoms with Gasteiger partial charge in [0.05, 0.1) is 0 Å². The van der Waals surface area contributed by atoms with Gasteiger partial charge in [-0.25, -0.2) is 4.98 Å². The third-order valence-corrected chi connectivity index (χ3v) is 2.25. The molecular weight excluding hydrogens is 210 g/mol. The molecule has 2 aromatic rings. The number of aryl methyl sites for hydroxylation is 1. The number of ether oxygens (including phenoxy) is 1. The Morgan fingerprint density at radius 2 is 1.87 bits per heavy atom. The Labute approximate surface area is 93.5 Å². The molecule has 0 amide bonds. The minimum Gasteiger partial charge on any atom is -0.438 e. The summed E-state index contributed by atoms with van der Waals surface area (Å²) in [5, 5.41) is 0.512. The smallest absolute Gasteiger partial charge is 0.238 e. The Bertz CT molecular complexity index is 453. The molecule has 0 radical (unpaired) electrons. The van der Waals surface area contributed by atoms with Gasteiger partial charge in [-0.15, -0.1) is 0 Å². The quantitative estimate of drug-likeness (QED) is 0.766. The van der Waals surface area contributed by atoms with Crippen LogP contribution in [-0.2, 0) is 0 Å². The van der Waals surface area contributed by atoms with Crippen molar-refractivity contribution in [1.29, 1.82) is 0 Å². The van der Waals surface area contributed by atoms with Gasteiger partial charge in [0.1, 0.15) is 10.8 Å². The Morgan fingerprint density at radius 1 is 1.13 bits per heavy atom. The number of nitrogens with zero attached hydrogens (tertiary/aromatic N) is 1. The van der Waals surface area contributed by atoms with Crippen molar-refractivity contribution in [3.05, 3.63) is 53.2 Å². The molecule has 0 unspecified atom stereocenters. The van der Waals surface area contributed by atoms with Crippen molar-refractivity contribution in [3.63, 3.8) is 0 Å². The number of hydrogen-bond acceptors (Lipinski definition) is 2. The van der Waals surface area contributed by atoms with Crippen LogP contribution >= 0.6 is 11.6 Å². The van der Waals surface area contributed by atoms with Gasteiger partial charge in [0.15, 0.2) is 0 Å². The second-order valence-electron chi connectivity index (χ2n) is 3.21. The average molecular weight is 220 g/mol. The van der Waals surface area contributed by atoms with Crippen LogP contribution in [-0.4, -0.2) is 4.98 Å². The fourth-order valence-electron chi connectivity index (χ4n) is 1.16. The lowest BCUT2D eigenvalue weighted by atomic mass is 10.2. The molecule has 2 rings (SSSR count). The Balaban J connectivity index is 2.22. The van der Waals surface area contributed by atoms with Gasteiger partial charge in [-0.3, -0.25) is 0 Å². The summed E-state index contributed by atoms with van der Waals surface area (Å²) in [6.07, 6.45) is 1.65. The van der Waals surface area contributed by atoms with Crippen molar-refractivity contribution in [2.75, 3.05) is 0 Å². The highest BCUT2D eigenvalue weighted by Crippen LogP contribution is 2.26. The minimum absolute atomic E-state index is 0.433. The molecule has 0 fully saturated rings. The molecule has 0 atom stereocenters. The molecular formula is C12H10ClNO. The maximum Gasteiger partial charge on any atom is 0.238 e. The first-order valence-electron chi connectivity index (χ1n) is 4.61. The van der Waals surface area contributed by atoms with Gasteiger partial charge < -0.3 is 4.74 Å². The van der Waals surface area contributed by atoms with Crippen LogP contribution in [0.5, 0.6) is 11.6 Å². The molecule has 0 spiro atoms. The highest BCUT2D eigenvalue weighted by molar-refractivity contribution is 6.31. The normalized spacial score (nSPS) is 10.0. The van der Waals surface area contributed by atoms with Crippen LogP contribution in [0.4, 0.5) is 0 Å². The number of pyridine rings is 1. The molecule has 15 heavy (non-hydrogen) atoms.